The smallest absolute Gasteiger partial charge is 0.321 e. The SMILES string of the molecule is COc1cccc(-c2noc(C3CCCN(C(=O)Nc4cccc(Cl)c4Cl)C3)n2)c1. The zero-order chi connectivity index (χ0) is 21.1. The number of urea groups is 1. The maximum atomic E-state index is 12.7. The standard InChI is InChI=1S/C21H20Cl2N4O3/c1-29-15-7-2-5-13(11-15)19-25-20(30-26-19)14-6-4-10-27(12-14)21(28)24-17-9-3-8-16(22)18(17)23/h2-3,5,7-9,11,14H,4,6,10,12H2,1H3,(H,24,28). The Labute approximate surface area is 183 Å². The molecule has 1 aliphatic rings. The number of amides is 2. The van der Waals surface area contributed by atoms with Gasteiger partial charge in [-0.2, -0.15) is 4.98 Å². The zero-order valence-electron chi connectivity index (χ0n) is 16.3. The van der Waals surface area contributed by atoms with Crippen LogP contribution >= 0.6 is 23.2 Å². The van der Waals surface area contributed by atoms with Gasteiger partial charge in [0.25, 0.3) is 0 Å². The van der Waals surface area contributed by atoms with Gasteiger partial charge in [0.05, 0.1) is 28.8 Å². The van der Waals surface area contributed by atoms with Crippen molar-refractivity contribution in [3.63, 3.8) is 0 Å². The number of benzene rings is 2. The Bertz CT molecular complexity index is 1060. The highest BCUT2D eigenvalue weighted by Gasteiger charge is 2.29. The first-order valence-electron chi connectivity index (χ1n) is 9.53. The van der Waals surface area contributed by atoms with Gasteiger partial charge in [-0.05, 0) is 37.1 Å². The number of rotatable bonds is 4. The normalized spacial score (nSPS) is 16.4. The van der Waals surface area contributed by atoms with Gasteiger partial charge in [-0.1, -0.05) is 46.6 Å². The number of halogens is 2. The van der Waals surface area contributed by atoms with Crippen molar-refractivity contribution in [2.24, 2.45) is 0 Å². The molecular formula is C21H20Cl2N4O3. The first-order chi connectivity index (χ1) is 14.5. The summed E-state index contributed by atoms with van der Waals surface area (Å²) in [5.41, 5.74) is 1.29. The minimum atomic E-state index is -0.239. The molecule has 4 rings (SSSR count). The van der Waals surface area contributed by atoms with Crippen molar-refractivity contribution >= 4 is 34.9 Å². The summed E-state index contributed by atoms with van der Waals surface area (Å²) in [5, 5.41) is 7.64. The van der Waals surface area contributed by atoms with E-state index in [1.807, 2.05) is 24.3 Å². The molecule has 0 radical (unpaired) electrons. The van der Waals surface area contributed by atoms with E-state index in [1.54, 1.807) is 30.2 Å². The minimum Gasteiger partial charge on any atom is -0.497 e. The first-order valence-corrected chi connectivity index (χ1v) is 10.3. The fourth-order valence-corrected chi connectivity index (χ4v) is 3.79. The van der Waals surface area contributed by atoms with Crippen molar-refractivity contribution in [2.75, 3.05) is 25.5 Å². The number of carbonyl (C=O) groups excluding carboxylic acids is 1. The second-order valence-corrected chi connectivity index (χ2v) is 7.79. The number of nitrogens with zero attached hydrogens (tertiary/aromatic N) is 3. The van der Waals surface area contributed by atoms with Crippen molar-refractivity contribution in [3.05, 3.63) is 58.4 Å². The van der Waals surface area contributed by atoms with Crippen LogP contribution < -0.4 is 10.1 Å². The maximum absolute atomic E-state index is 12.7. The Balaban J connectivity index is 1.46. The van der Waals surface area contributed by atoms with E-state index in [9.17, 15) is 4.79 Å². The second-order valence-electron chi connectivity index (χ2n) is 7.00. The number of aromatic nitrogens is 2. The molecule has 1 N–H and O–H groups in total. The zero-order valence-corrected chi connectivity index (χ0v) is 17.8. The van der Waals surface area contributed by atoms with Crippen LogP contribution in [0.4, 0.5) is 10.5 Å². The Kier molecular flexibility index (Phi) is 6.11. The molecule has 156 valence electrons. The molecule has 1 aromatic heterocycles. The van der Waals surface area contributed by atoms with Gasteiger partial charge < -0.3 is 19.5 Å². The van der Waals surface area contributed by atoms with E-state index in [-0.39, 0.29) is 11.9 Å². The van der Waals surface area contributed by atoms with Crippen LogP contribution in [0.25, 0.3) is 11.4 Å². The molecule has 1 unspecified atom stereocenters. The number of piperidine rings is 1. The quantitative estimate of drug-likeness (QED) is 0.574. The van der Waals surface area contributed by atoms with Gasteiger partial charge >= 0.3 is 6.03 Å². The average Bonchev–Trinajstić information content (AvgIpc) is 3.27. The minimum absolute atomic E-state index is 0.0359. The summed E-state index contributed by atoms with van der Waals surface area (Å²) in [4.78, 5) is 19.0. The number of hydrogen-bond donors (Lipinski definition) is 1. The van der Waals surface area contributed by atoms with E-state index in [4.69, 9.17) is 32.5 Å². The number of likely N-dealkylation sites (tertiary alicyclic amines) is 1. The average molecular weight is 447 g/mol. The number of anilines is 1. The molecule has 3 aromatic rings. The van der Waals surface area contributed by atoms with Gasteiger partial charge in [0, 0.05) is 18.7 Å². The summed E-state index contributed by atoms with van der Waals surface area (Å²) in [6, 6.07) is 12.4. The molecule has 0 saturated carbocycles. The first kappa shape index (κ1) is 20.5. The maximum Gasteiger partial charge on any atom is 0.321 e. The molecule has 0 bridgehead atoms. The van der Waals surface area contributed by atoms with Crippen molar-refractivity contribution in [2.45, 2.75) is 18.8 Å². The summed E-state index contributed by atoms with van der Waals surface area (Å²) >= 11 is 12.2. The summed E-state index contributed by atoms with van der Waals surface area (Å²) in [7, 11) is 1.61. The summed E-state index contributed by atoms with van der Waals surface area (Å²) in [6.45, 7) is 1.11. The van der Waals surface area contributed by atoms with Crippen LogP contribution in [0.5, 0.6) is 5.75 Å². The number of ether oxygens (including phenoxy) is 1. The molecule has 30 heavy (non-hydrogen) atoms. The lowest BCUT2D eigenvalue weighted by molar-refractivity contribution is 0.184. The number of hydrogen-bond acceptors (Lipinski definition) is 5. The Morgan fingerprint density at radius 1 is 1.27 bits per heavy atom. The number of carbonyl (C=O) groups is 1. The molecule has 2 aromatic carbocycles. The van der Waals surface area contributed by atoms with Crippen molar-refractivity contribution < 1.29 is 14.1 Å². The Morgan fingerprint density at radius 3 is 2.93 bits per heavy atom. The molecule has 2 heterocycles. The van der Waals surface area contributed by atoms with E-state index < -0.39 is 0 Å². The fraction of sp³-hybridized carbons (Fsp3) is 0.286. The molecule has 1 atom stereocenters. The monoisotopic (exact) mass is 446 g/mol. The van der Waals surface area contributed by atoms with Crippen LogP contribution in [0.1, 0.15) is 24.7 Å². The molecule has 9 heteroatoms. The van der Waals surface area contributed by atoms with E-state index in [0.29, 0.717) is 40.5 Å². The fourth-order valence-electron chi connectivity index (χ4n) is 3.44. The van der Waals surface area contributed by atoms with Gasteiger partial charge in [-0.3, -0.25) is 0 Å². The van der Waals surface area contributed by atoms with Gasteiger partial charge in [0.2, 0.25) is 11.7 Å². The van der Waals surface area contributed by atoms with Crippen molar-refractivity contribution in [1.82, 2.24) is 15.0 Å². The van der Waals surface area contributed by atoms with Crippen LogP contribution in [0.3, 0.4) is 0 Å². The van der Waals surface area contributed by atoms with Crippen LogP contribution in [0.2, 0.25) is 10.0 Å². The van der Waals surface area contributed by atoms with Crippen molar-refractivity contribution in [1.29, 1.82) is 0 Å². The van der Waals surface area contributed by atoms with E-state index in [0.717, 1.165) is 24.2 Å². The lowest BCUT2D eigenvalue weighted by Gasteiger charge is -2.31. The summed E-state index contributed by atoms with van der Waals surface area (Å²) in [5.74, 6) is 1.70. The van der Waals surface area contributed by atoms with E-state index >= 15 is 0 Å². The molecule has 0 aliphatic carbocycles. The van der Waals surface area contributed by atoms with Gasteiger partial charge in [0.1, 0.15) is 5.75 Å². The second kappa shape index (κ2) is 8.93. The van der Waals surface area contributed by atoms with E-state index in [2.05, 4.69) is 15.5 Å². The van der Waals surface area contributed by atoms with Crippen LogP contribution in [0.15, 0.2) is 47.0 Å². The van der Waals surface area contributed by atoms with E-state index in [1.165, 1.54) is 0 Å². The highest BCUT2D eigenvalue weighted by Crippen LogP contribution is 2.31. The highest BCUT2D eigenvalue weighted by atomic mass is 35.5. The van der Waals surface area contributed by atoms with Gasteiger partial charge in [-0.15, -0.1) is 0 Å². The Morgan fingerprint density at radius 2 is 2.10 bits per heavy atom. The molecule has 1 saturated heterocycles. The third kappa shape index (κ3) is 4.37. The van der Waals surface area contributed by atoms with Crippen LogP contribution in [0, 0.1) is 0 Å². The molecule has 2 amide bonds. The molecular weight excluding hydrogens is 427 g/mol. The predicted octanol–water partition coefficient (Wildman–Crippen LogP) is 5.46. The third-order valence-electron chi connectivity index (χ3n) is 5.02. The molecule has 1 aliphatic heterocycles. The summed E-state index contributed by atoms with van der Waals surface area (Å²) in [6.07, 6.45) is 1.69. The van der Waals surface area contributed by atoms with Crippen LogP contribution in [-0.4, -0.2) is 41.3 Å². The van der Waals surface area contributed by atoms with Crippen LogP contribution in [-0.2, 0) is 0 Å². The number of methoxy groups -OCH3 is 1. The van der Waals surface area contributed by atoms with Crippen molar-refractivity contribution in [3.8, 4) is 17.1 Å². The van der Waals surface area contributed by atoms with Gasteiger partial charge in [-0.25, -0.2) is 4.79 Å². The largest absolute Gasteiger partial charge is 0.497 e. The molecule has 0 spiro atoms. The predicted molar refractivity (Wildman–Crippen MR) is 115 cm³/mol. The molecule has 1 fully saturated rings. The third-order valence-corrected chi connectivity index (χ3v) is 5.84. The lowest BCUT2D eigenvalue weighted by Crippen LogP contribution is -2.41. The lowest BCUT2D eigenvalue weighted by atomic mass is 9.98. The topological polar surface area (TPSA) is 80.5 Å². The highest BCUT2D eigenvalue weighted by molar-refractivity contribution is 6.43. The Hall–Kier alpha value is -2.77. The summed E-state index contributed by atoms with van der Waals surface area (Å²) < 4.78 is 10.8. The van der Waals surface area contributed by atoms with Gasteiger partial charge in [0.15, 0.2) is 0 Å². The number of nitrogens with one attached hydrogen (secondary N) is 1. The molecule has 7 nitrogen and oxygen atoms in total.